The number of nitrogens with one attached hydrogen (secondary N) is 3. The van der Waals surface area contributed by atoms with Crippen LogP contribution >= 0.6 is 11.6 Å². The Kier molecular flexibility index (Phi) is 8.90. The standard InChI is InChI=1S/C25H31ClN4O4/c1-2-18-7-9-20(10-8-18)29-24(34)28-17-25(11-13-30(14-12-25)22(32)16-31)23(33)27-15-19-5-3-4-6-21(19)26/h3-10,31H,2,11-17H2,1H3,(H,27,33)(H2,28,29,34). The van der Waals surface area contributed by atoms with E-state index in [0.717, 1.165) is 12.0 Å². The van der Waals surface area contributed by atoms with Gasteiger partial charge in [0.15, 0.2) is 0 Å². The Hall–Kier alpha value is -3.10. The molecule has 0 unspecified atom stereocenters. The van der Waals surface area contributed by atoms with Crippen LogP contribution in [0.15, 0.2) is 48.5 Å². The summed E-state index contributed by atoms with van der Waals surface area (Å²) in [7, 11) is 0. The summed E-state index contributed by atoms with van der Waals surface area (Å²) in [6.45, 7) is 2.51. The normalized spacial score (nSPS) is 14.9. The van der Waals surface area contributed by atoms with Crippen molar-refractivity contribution in [3.8, 4) is 0 Å². The number of nitrogens with zero attached hydrogens (tertiary/aromatic N) is 1. The lowest BCUT2D eigenvalue weighted by Gasteiger charge is -2.40. The molecule has 0 bridgehead atoms. The van der Waals surface area contributed by atoms with Gasteiger partial charge in [-0.05, 0) is 48.6 Å². The molecule has 0 radical (unpaired) electrons. The Morgan fingerprint density at radius 3 is 2.32 bits per heavy atom. The van der Waals surface area contributed by atoms with Crippen LogP contribution in [0.4, 0.5) is 10.5 Å². The van der Waals surface area contributed by atoms with Gasteiger partial charge in [-0.15, -0.1) is 0 Å². The van der Waals surface area contributed by atoms with E-state index in [9.17, 15) is 14.4 Å². The minimum Gasteiger partial charge on any atom is -0.387 e. The molecule has 8 nitrogen and oxygen atoms in total. The van der Waals surface area contributed by atoms with Crippen molar-refractivity contribution in [3.05, 3.63) is 64.7 Å². The van der Waals surface area contributed by atoms with E-state index in [0.29, 0.717) is 36.6 Å². The van der Waals surface area contributed by atoms with E-state index in [2.05, 4.69) is 22.9 Å². The van der Waals surface area contributed by atoms with Gasteiger partial charge >= 0.3 is 6.03 Å². The number of amides is 4. The molecule has 4 amide bonds. The molecule has 1 heterocycles. The van der Waals surface area contributed by atoms with Crippen molar-refractivity contribution < 1.29 is 19.5 Å². The molecule has 0 atom stereocenters. The molecule has 0 saturated carbocycles. The van der Waals surface area contributed by atoms with Gasteiger partial charge in [0.1, 0.15) is 6.61 Å². The number of urea groups is 1. The average molecular weight is 487 g/mol. The zero-order valence-electron chi connectivity index (χ0n) is 19.3. The first-order valence-corrected chi connectivity index (χ1v) is 11.8. The van der Waals surface area contributed by atoms with Gasteiger partial charge in [0.2, 0.25) is 11.8 Å². The van der Waals surface area contributed by atoms with Crippen molar-refractivity contribution >= 4 is 35.1 Å². The molecule has 1 aliphatic rings. The number of anilines is 1. The molecule has 3 rings (SSSR count). The van der Waals surface area contributed by atoms with Crippen molar-refractivity contribution in [2.45, 2.75) is 32.7 Å². The van der Waals surface area contributed by atoms with Crippen molar-refractivity contribution in [3.63, 3.8) is 0 Å². The third-order valence-electron chi connectivity index (χ3n) is 6.29. The number of benzene rings is 2. The molecule has 1 fully saturated rings. The molecule has 0 spiro atoms. The van der Waals surface area contributed by atoms with Crippen molar-refractivity contribution in [2.75, 3.05) is 31.6 Å². The summed E-state index contributed by atoms with van der Waals surface area (Å²) in [4.78, 5) is 39.3. The summed E-state index contributed by atoms with van der Waals surface area (Å²) < 4.78 is 0. The first-order valence-electron chi connectivity index (χ1n) is 11.4. The highest BCUT2D eigenvalue weighted by Gasteiger charge is 2.42. The number of hydrogen-bond acceptors (Lipinski definition) is 4. The molecule has 0 aliphatic carbocycles. The maximum atomic E-state index is 13.3. The largest absolute Gasteiger partial charge is 0.387 e. The SMILES string of the molecule is CCc1ccc(NC(=O)NCC2(C(=O)NCc3ccccc3Cl)CCN(C(=O)CO)CC2)cc1. The van der Waals surface area contributed by atoms with Crippen LogP contribution < -0.4 is 16.0 Å². The van der Waals surface area contributed by atoms with Crippen LogP contribution in [0.3, 0.4) is 0 Å². The van der Waals surface area contributed by atoms with Gasteiger partial charge in [0.25, 0.3) is 0 Å². The fraction of sp³-hybridized carbons (Fsp3) is 0.400. The number of aliphatic hydroxyl groups excluding tert-OH is 1. The van der Waals surface area contributed by atoms with E-state index in [1.165, 1.54) is 10.5 Å². The summed E-state index contributed by atoms with van der Waals surface area (Å²) in [6, 6.07) is 14.4. The second-order valence-electron chi connectivity index (χ2n) is 8.45. The monoisotopic (exact) mass is 486 g/mol. The van der Waals surface area contributed by atoms with Crippen LogP contribution in [-0.4, -0.2) is 54.1 Å². The fourth-order valence-corrected chi connectivity index (χ4v) is 4.22. The second kappa shape index (κ2) is 11.9. The average Bonchev–Trinajstić information content (AvgIpc) is 2.87. The summed E-state index contributed by atoms with van der Waals surface area (Å²) in [5, 5.41) is 18.3. The van der Waals surface area contributed by atoms with E-state index in [4.69, 9.17) is 16.7 Å². The number of likely N-dealkylation sites (tertiary alicyclic amines) is 1. The van der Waals surface area contributed by atoms with E-state index in [-0.39, 0.29) is 24.9 Å². The zero-order chi connectivity index (χ0) is 24.6. The van der Waals surface area contributed by atoms with E-state index < -0.39 is 18.1 Å². The van der Waals surface area contributed by atoms with Gasteiger partial charge in [0, 0.05) is 36.9 Å². The molecule has 1 saturated heterocycles. The lowest BCUT2D eigenvalue weighted by Crippen LogP contribution is -2.55. The summed E-state index contributed by atoms with van der Waals surface area (Å²) in [5.74, 6) is -0.581. The zero-order valence-corrected chi connectivity index (χ0v) is 20.0. The number of rotatable bonds is 8. The minimum atomic E-state index is -0.892. The Balaban J connectivity index is 1.66. The third kappa shape index (κ3) is 6.48. The molecular weight excluding hydrogens is 456 g/mol. The van der Waals surface area contributed by atoms with Crippen molar-refractivity contribution in [1.82, 2.24) is 15.5 Å². The van der Waals surface area contributed by atoms with Gasteiger partial charge in [-0.2, -0.15) is 0 Å². The highest BCUT2D eigenvalue weighted by atomic mass is 35.5. The molecule has 2 aromatic carbocycles. The van der Waals surface area contributed by atoms with Crippen LogP contribution in [0.5, 0.6) is 0 Å². The van der Waals surface area contributed by atoms with Crippen LogP contribution in [-0.2, 0) is 22.6 Å². The van der Waals surface area contributed by atoms with Crippen molar-refractivity contribution in [2.24, 2.45) is 5.41 Å². The van der Waals surface area contributed by atoms with Gasteiger partial charge < -0.3 is 26.0 Å². The van der Waals surface area contributed by atoms with E-state index in [1.807, 2.05) is 42.5 Å². The van der Waals surface area contributed by atoms with E-state index >= 15 is 0 Å². The fourth-order valence-electron chi connectivity index (χ4n) is 4.02. The topological polar surface area (TPSA) is 111 Å². The first-order chi connectivity index (χ1) is 16.4. The lowest BCUT2D eigenvalue weighted by atomic mass is 9.77. The highest BCUT2D eigenvalue weighted by molar-refractivity contribution is 6.31. The lowest BCUT2D eigenvalue weighted by molar-refractivity contribution is -0.142. The molecule has 1 aliphatic heterocycles. The molecule has 9 heteroatoms. The van der Waals surface area contributed by atoms with Gasteiger partial charge in [-0.3, -0.25) is 9.59 Å². The molecule has 182 valence electrons. The van der Waals surface area contributed by atoms with E-state index in [1.54, 1.807) is 6.07 Å². The highest BCUT2D eigenvalue weighted by Crippen LogP contribution is 2.32. The van der Waals surface area contributed by atoms with Gasteiger partial charge in [-0.1, -0.05) is 48.9 Å². The Morgan fingerprint density at radius 2 is 1.71 bits per heavy atom. The van der Waals surface area contributed by atoms with Crippen LogP contribution in [0.2, 0.25) is 5.02 Å². The number of piperidine rings is 1. The van der Waals surface area contributed by atoms with Crippen LogP contribution in [0.1, 0.15) is 30.9 Å². The molecule has 4 N–H and O–H groups in total. The van der Waals surface area contributed by atoms with Gasteiger partial charge in [-0.25, -0.2) is 4.79 Å². The molecule has 34 heavy (non-hydrogen) atoms. The second-order valence-corrected chi connectivity index (χ2v) is 8.86. The van der Waals surface area contributed by atoms with Crippen molar-refractivity contribution in [1.29, 1.82) is 0 Å². The number of aliphatic hydroxyl groups is 1. The minimum absolute atomic E-state index is 0.112. The Labute approximate surface area is 204 Å². The smallest absolute Gasteiger partial charge is 0.319 e. The summed E-state index contributed by atoms with van der Waals surface area (Å²) in [5.41, 5.74) is 1.73. The molecule has 0 aromatic heterocycles. The number of halogens is 1. The van der Waals surface area contributed by atoms with Crippen LogP contribution in [0.25, 0.3) is 0 Å². The third-order valence-corrected chi connectivity index (χ3v) is 6.66. The first kappa shape index (κ1) is 25.5. The number of carbonyl (C=O) groups is 3. The number of carbonyl (C=O) groups excluding carboxylic acids is 3. The summed E-state index contributed by atoms with van der Waals surface area (Å²) >= 11 is 6.21. The summed E-state index contributed by atoms with van der Waals surface area (Å²) in [6.07, 6.45) is 1.63. The van der Waals surface area contributed by atoms with Crippen LogP contribution in [0, 0.1) is 5.41 Å². The Morgan fingerprint density at radius 1 is 1.03 bits per heavy atom. The molecule has 2 aromatic rings. The number of hydrogen-bond donors (Lipinski definition) is 4. The van der Waals surface area contributed by atoms with Gasteiger partial charge in [0.05, 0.1) is 5.41 Å². The predicted octanol–water partition coefficient (Wildman–Crippen LogP) is 2.94. The predicted molar refractivity (Wildman–Crippen MR) is 131 cm³/mol. The maximum absolute atomic E-state index is 13.3. The quantitative estimate of drug-likeness (QED) is 0.459. The maximum Gasteiger partial charge on any atom is 0.319 e. The Bertz CT molecular complexity index is 1000. The molecular formula is C25H31ClN4O4. The number of aryl methyl sites for hydroxylation is 1.